The van der Waals surface area contributed by atoms with E-state index in [1.165, 1.54) is 22.3 Å². The van der Waals surface area contributed by atoms with Crippen LogP contribution in [-0.2, 0) is 0 Å². The van der Waals surface area contributed by atoms with Crippen molar-refractivity contribution in [3.63, 3.8) is 0 Å². The highest BCUT2D eigenvalue weighted by atomic mass is 14.7. The Morgan fingerprint density at radius 2 is 1.95 bits per heavy atom. The highest BCUT2D eigenvalue weighted by Crippen LogP contribution is 2.42. The molecule has 4 rings (SSSR count). The maximum absolute atomic E-state index is 4.48. The van der Waals surface area contributed by atoms with Crippen molar-refractivity contribution in [1.82, 2.24) is 4.98 Å². The first-order valence-electron chi connectivity index (χ1n) is 6.54. The molecule has 1 aromatic carbocycles. The lowest BCUT2D eigenvalue weighted by Crippen LogP contribution is -1.96. The van der Waals surface area contributed by atoms with Crippen molar-refractivity contribution in [2.24, 2.45) is 0 Å². The van der Waals surface area contributed by atoms with Gasteiger partial charge in [-0.1, -0.05) is 48.6 Å². The van der Waals surface area contributed by atoms with Crippen LogP contribution in [0.3, 0.4) is 0 Å². The van der Waals surface area contributed by atoms with Gasteiger partial charge in [0.25, 0.3) is 0 Å². The van der Waals surface area contributed by atoms with E-state index >= 15 is 0 Å². The fourth-order valence-corrected chi connectivity index (χ4v) is 2.91. The highest BCUT2D eigenvalue weighted by molar-refractivity contribution is 5.82. The summed E-state index contributed by atoms with van der Waals surface area (Å²) in [4.78, 5) is 4.48. The Bertz CT molecular complexity index is 721. The van der Waals surface area contributed by atoms with E-state index in [1.54, 1.807) is 0 Å². The zero-order valence-corrected chi connectivity index (χ0v) is 10.5. The average Bonchev–Trinajstić information content (AvgIpc) is 2.87. The number of fused-ring (bicyclic) bond motifs is 3. The molecular weight excluding hydrogens is 230 g/mol. The van der Waals surface area contributed by atoms with Gasteiger partial charge in [0.05, 0.1) is 5.69 Å². The number of benzene rings is 1. The maximum atomic E-state index is 4.48. The van der Waals surface area contributed by atoms with Crippen LogP contribution in [0.2, 0.25) is 0 Å². The van der Waals surface area contributed by atoms with Crippen molar-refractivity contribution in [3.8, 4) is 11.3 Å². The van der Waals surface area contributed by atoms with Crippen molar-refractivity contribution in [2.45, 2.75) is 5.92 Å². The zero-order chi connectivity index (χ0) is 12.7. The van der Waals surface area contributed by atoms with Gasteiger partial charge < -0.3 is 0 Å². The maximum Gasteiger partial charge on any atom is 0.0708 e. The van der Waals surface area contributed by atoms with Gasteiger partial charge in [-0.25, -0.2) is 0 Å². The average molecular weight is 243 g/mol. The van der Waals surface area contributed by atoms with Crippen LogP contribution in [0, 0.1) is 0 Å². The van der Waals surface area contributed by atoms with Crippen LogP contribution in [0.1, 0.15) is 17.0 Å². The first-order chi connectivity index (χ1) is 9.43. The smallest absolute Gasteiger partial charge is 0.0708 e. The Balaban J connectivity index is 1.94. The molecule has 0 amide bonds. The van der Waals surface area contributed by atoms with Gasteiger partial charge in [0.1, 0.15) is 0 Å². The lowest BCUT2D eigenvalue weighted by atomic mass is 9.91. The number of aromatic nitrogens is 1. The minimum Gasteiger partial charge on any atom is -0.256 e. The molecule has 1 unspecified atom stereocenters. The Hall–Kier alpha value is -2.41. The molecule has 0 fully saturated rings. The van der Waals surface area contributed by atoms with Gasteiger partial charge in [-0.15, -0.1) is 0 Å². The molecule has 0 spiro atoms. The third-order valence-electron chi connectivity index (χ3n) is 3.79. The third-order valence-corrected chi connectivity index (χ3v) is 3.79. The quantitative estimate of drug-likeness (QED) is 0.725. The second-order valence-electron chi connectivity index (χ2n) is 4.89. The van der Waals surface area contributed by atoms with Gasteiger partial charge in [-0.05, 0) is 34.9 Å². The summed E-state index contributed by atoms with van der Waals surface area (Å²) in [5.41, 5.74) is 6.35. The van der Waals surface area contributed by atoms with E-state index in [1.807, 2.05) is 18.3 Å². The van der Waals surface area contributed by atoms with Crippen molar-refractivity contribution in [1.29, 1.82) is 0 Å². The van der Waals surface area contributed by atoms with Crippen LogP contribution in [0.4, 0.5) is 0 Å². The first kappa shape index (κ1) is 10.5. The Morgan fingerprint density at radius 1 is 0.947 bits per heavy atom. The van der Waals surface area contributed by atoms with Crippen LogP contribution >= 0.6 is 0 Å². The van der Waals surface area contributed by atoms with Crippen LogP contribution in [0.25, 0.3) is 17.3 Å². The lowest BCUT2D eigenvalue weighted by molar-refractivity contribution is 1.05. The second kappa shape index (κ2) is 4.06. The minimum atomic E-state index is 0.420. The molecule has 0 N–H and O–H groups in total. The van der Waals surface area contributed by atoms with E-state index < -0.39 is 0 Å². The molecule has 19 heavy (non-hydrogen) atoms. The number of hydrogen-bond acceptors (Lipinski definition) is 1. The van der Waals surface area contributed by atoms with Crippen LogP contribution in [0.15, 0.2) is 72.5 Å². The molecule has 2 aromatic rings. The van der Waals surface area contributed by atoms with E-state index in [0.29, 0.717) is 5.92 Å². The molecule has 2 aliphatic rings. The molecule has 1 heteroatoms. The molecule has 1 aromatic heterocycles. The van der Waals surface area contributed by atoms with Gasteiger partial charge in [0, 0.05) is 17.7 Å². The SMILES string of the molecule is C1=CC2=Cc3c(-c4ccccn4)cccc3C2C=C1. The molecule has 0 aliphatic heterocycles. The predicted octanol–water partition coefficient (Wildman–Crippen LogP) is 4.36. The number of allylic oxidation sites excluding steroid dienone is 5. The van der Waals surface area contributed by atoms with E-state index in [9.17, 15) is 0 Å². The van der Waals surface area contributed by atoms with Crippen molar-refractivity contribution < 1.29 is 0 Å². The molecule has 0 bridgehead atoms. The number of hydrogen-bond donors (Lipinski definition) is 0. The van der Waals surface area contributed by atoms with Gasteiger partial charge in [-0.2, -0.15) is 0 Å². The van der Waals surface area contributed by atoms with E-state index in [-0.39, 0.29) is 0 Å². The largest absolute Gasteiger partial charge is 0.256 e. The van der Waals surface area contributed by atoms with Crippen molar-refractivity contribution >= 4 is 6.08 Å². The highest BCUT2D eigenvalue weighted by Gasteiger charge is 2.24. The van der Waals surface area contributed by atoms with Crippen molar-refractivity contribution in [3.05, 3.63) is 83.6 Å². The summed E-state index contributed by atoms with van der Waals surface area (Å²) >= 11 is 0. The predicted molar refractivity (Wildman–Crippen MR) is 78.7 cm³/mol. The number of rotatable bonds is 1. The topological polar surface area (TPSA) is 12.9 Å². The van der Waals surface area contributed by atoms with E-state index in [4.69, 9.17) is 0 Å². The molecule has 1 heterocycles. The molecule has 0 saturated heterocycles. The van der Waals surface area contributed by atoms with E-state index in [2.05, 4.69) is 59.6 Å². The molecule has 2 aliphatic carbocycles. The molecule has 0 radical (unpaired) electrons. The Kier molecular flexibility index (Phi) is 2.25. The van der Waals surface area contributed by atoms with Gasteiger partial charge in [0.2, 0.25) is 0 Å². The summed E-state index contributed by atoms with van der Waals surface area (Å²) in [5, 5.41) is 0. The summed E-state index contributed by atoms with van der Waals surface area (Å²) < 4.78 is 0. The molecule has 1 atom stereocenters. The number of nitrogens with zero attached hydrogens (tertiary/aromatic N) is 1. The second-order valence-corrected chi connectivity index (χ2v) is 4.89. The Labute approximate surface area is 112 Å². The molecule has 1 nitrogen and oxygen atoms in total. The molecule has 90 valence electrons. The standard InChI is InChI=1S/C18H13N/c1-2-7-14-13(6-1)12-17-15(14)8-5-9-16(17)18-10-3-4-11-19-18/h1-12,14H. The van der Waals surface area contributed by atoms with Crippen molar-refractivity contribution in [2.75, 3.05) is 0 Å². The fourth-order valence-electron chi connectivity index (χ4n) is 2.91. The first-order valence-corrected chi connectivity index (χ1v) is 6.54. The summed E-state index contributed by atoms with van der Waals surface area (Å²) in [6.07, 6.45) is 12.8. The summed E-state index contributed by atoms with van der Waals surface area (Å²) in [5.74, 6) is 0.420. The van der Waals surface area contributed by atoms with Gasteiger partial charge in [-0.3, -0.25) is 4.98 Å². The van der Waals surface area contributed by atoms with Gasteiger partial charge >= 0.3 is 0 Å². The third kappa shape index (κ3) is 1.59. The normalized spacial score (nSPS) is 18.9. The molecular formula is C18H13N. The molecule has 0 saturated carbocycles. The summed E-state index contributed by atoms with van der Waals surface area (Å²) in [6.45, 7) is 0. The van der Waals surface area contributed by atoms with Crippen LogP contribution < -0.4 is 0 Å². The summed E-state index contributed by atoms with van der Waals surface area (Å²) in [6, 6.07) is 12.6. The fraction of sp³-hybridized carbons (Fsp3) is 0.0556. The number of pyridine rings is 1. The van der Waals surface area contributed by atoms with Gasteiger partial charge in [0.15, 0.2) is 0 Å². The van der Waals surface area contributed by atoms with Crippen LogP contribution in [0.5, 0.6) is 0 Å². The lowest BCUT2D eigenvalue weighted by Gasteiger charge is -2.13. The minimum absolute atomic E-state index is 0.420. The van der Waals surface area contributed by atoms with Crippen LogP contribution in [-0.4, -0.2) is 4.98 Å². The summed E-state index contributed by atoms with van der Waals surface area (Å²) in [7, 11) is 0. The zero-order valence-electron chi connectivity index (χ0n) is 10.5. The van der Waals surface area contributed by atoms with E-state index in [0.717, 1.165) is 5.69 Å². The Morgan fingerprint density at radius 3 is 2.84 bits per heavy atom. The monoisotopic (exact) mass is 243 g/mol.